The van der Waals surface area contributed by atoms with Crippen LogP contribution >= 0.6 is 0 Å². The second-order valence-corrected chi connectivity index (χ2v) is 8.47. The van der Waals surface area contributed by atoms with E-state index in [0.29, 0.717) is 12.3 Å². The van der Waals surface area contributed by atoms with Crippen LogP contribution in [0, 0.1) is 28.4 Å². The van der Waals surface area contributed by atoms with Crippen LogP contribution in [-0.2, 0) is 11.3 Å². The van der Waals surface area contributed by atoms with E-state index in [1.807, 2.05) is 19.1 Å². The van der Waals surface area contributed by atoms with Crippen molar-refractivity contribution in [1.29, 1.82) is 5.26 Å². The first-order valence-corrected chi connectivity index (χ1v) is 11.3. The predicted octanol–water partition coefficient (Wildman–Crippen LogP) is 2.66. The Bertz CT molecular complexity index is 1720. The minimum atomic E-state index is -0.882. The van der Waals surface area contributed by atoms with Gasteiger partial charge in [0.15, 0.2) is 5.49 Å². The molecule has 180 valence electrons. The molecule has 36 heavy (non-hydrogen) atoms. The molecule has 3 aromatic heterocycles. The molecule has 4 aromatic rings. The van der Waals surface area contributed by atoms with Gasteiger partial charge in [-0.2, -0.15) is 10.3 Å². The van der Waals surface area contributed by atoms with Gasteiger partial charge in [0, 0.05) is 18.9 Å². The third kappa shape index (κ3) is 3.93. The number of carbonyl (C=O) groups is 1. The minimum absolute atomic E-state index is 0.0288. The Morgan fingerprint density at radius 2 is 2.11 bits per heavy atom. The number of rotatable bonds is 4. The topological polar surface area (TPSA) is 145 Å². The highest BCUT2D eigenvalue weighted by atomic mass is 16.6. The van der Waals surface area contributed by atoms with Crippen LogP contribution in [0.5, 0.6) is 0 Å². The fraction of sp³-hybridized carbons (Fsp3) is 0.240. The fourth-order valence-corrected chi connectivity index (χ4v) is 4.42. The molecule has 1 saturated heterocycles. The molecule has 0 radical (unpaired) electrons. The van der Waals surface area contributed by atoms with Gasteiger partial charge < -0.3 is 9.30 Å². The smallest absolute Gasteiger partial charge is 0.285 e. The summed E-state index contributed by atoms with van der Waals surface area (Å²) in [7, 11) is 0. The molecule has 1 aliphatic rings. The van der Waals surface area contributed by atoms with Gasteiger partial charge in [0.05, 0.1) is 28.5 Å². The summed E-state index contributed by atoms with van der Waals surface area (Å²) in [4.78, 5) is 46.2. The number of nitriles is 1. The van der Waals surface area contributed by atoms with E-state index in [1.54, 1.807) is 16.8 Å². The van der Waals surface area contributed by atoms with Gasteiger partial charge in [0.25, 0.3) is 17.2 Å². The first-order chi connectivity index (χ1) is 17.4. The van der Waals surface area contributed by atoms with E-state index < -0.39 is 16.5 Å². The molecule has 1 aromatic carbocycles. The Morgan fingerprint density at radius 1 is 1.31 bits per heavy atom. The highest BCUT2D eigenvalue weighted by Crippen LogP contribution is 2.20. The lowest BCUT2D eigenvalue weighted by Crippen LogP contribution is -2.33. The van der Waals surface area contributed by atoms with Crippen LogP contribution < -0.4 is 11.0 Å². The molecule has 11 heteroatoms. The summed E-state index contributed by atoms with van der Waals surface area (Å²) in [5.41, 5.74) is 0.403. The third-order valence-electron chi connectivity index (χ3n) is 6.17. The van der Waals surface area contributed by atoms with E-state index in [4.69, 9.17) is 9.72 Å². The zero-order valence-corrected chi connectivity index (χ0v) is 19.2. The summed E-state index contributed by atoms with van der Waals surface area (Å²) in [6.07, 6.45) is 2.96. The second kappa shape index (κ2) is 9.16. The number of para-hydroxylation sites is 1. The van der Waals surface area contributed by atoms with E-state index in [0.717, 1.165) is 18.4 Å². The lowest BCUT2D eigenvalue weighted by Gasteiger charge is -2.17. The number of fused-ring (bicyclic) bond motifs is 2. The second-order valence-electron chi connectivity index (χ2n) is 8.47. The van der Waals surface area contributed by atoms with Crippen molar-refractivity contribution >= 4 is 28.3 Å². The maximum absolute atomic E-state index is 13.4. The van der Waals surface area contributed by atoms with Crippen LogP contribution in [0.15, 0.2) is 58.4 Å². The van der Waals surface area contributed by atoms with Crippen LogP contribution in [0.2, 0.25) is 0 Å². The molecule has 5 rings (SSSR count). The number of aromatic nitrogens is 3. The number of amides is 1. The van der Waals surface area contributed by atoms with Crippen molar-refractivity contribution in [1.82, 2.24) is 14.0 Å². The van der Waals surface area contributed by atoms with Crippen molar-refractivity contribution in [3.05, 3.63) is 91.3 Å². The highest BCUT2D eigenvalue weighted by Gasteiger charge is 2.23. The molecule has 0 spiro atoms. The van der Waals surface area contributed by atoms with Gasteiger partial charge in [-0.25, -0.2) is 4.98 Å². The average Bonchev–Trinajstić information content (AvgIpc) is 3.39. The summed E-state index contributed by atoms with van der Waals surface area (Å²) in [5.74, 6) is -0.882. The van der Waals surface area contributed by atoms with Crippen LogP contribution in [0.1, 0.15) is 34.3 Å². The van der Waals surface area contributed by atoms with Gasteiger partial charge >= 0.3 is 0 Å². The van der Waals surface area contributed by atoms with Gasteiger partial charge in [0.2, 0.25) is 0 Å². The summed E-state index contributed by atoms with van der Waals surface area (Å²) in [5, 5.41) is 21.6. The van der Waals surface area contributed by atoms with Crippen molar-refractivity contribution < 1.29 is 14.5 Å². The predicted molar refractivity (Wildman–Crippen MR) is 128 cm³/mol. The molecule has 1 fully saturated rings. The Balaban J connectivity index is 1.85. The molecule has 0 N–H and O–H groups in total. The molecule has 4 heterocycles. The Morgan fingerprint density at radius 3 is 2.83 bits per heavy atom. The van der Waals surface area contributed by atoms with E-state index in [2.05, 4.69) is 4.99 Å². The number of aryl methyl sites for hydroxylation is 1. The first kappa shape index (κ1) is 23.1. The molecular formula is C25H20N6O5. The Labute approximate surface area is 203 Å². The molecule has 0 saturated carbocycles. The standard InChI is InChI=1S/C25H20N6O5/c1-15-6-4-10-29-21(15)27-23-19(25(29)33)12-16(13-26)22(30(23)14-17-7-5-11-36-17)28-24(32)18-8-2-3-9-20(18)31(34)35/h2-4,6,8-10,12,17H,5,7,11,14H2,1H3/t17-/m1/s1. The number of pyridine rings is 2. The van der Waals surface area contributed by atoms with Crippen LogP contribution in [-0.4, -0.2) is 37.5 Å². The summed E-state index contributed by atoms with van der Waals surface area (Å²) >= 11 is 0. The van der Waals surface area contributed by atoms with Crippen LogP contribution in [0.25, 0.3) is 16.7 Å². The number of nitro benzene ring substituents is 1. The van der Waals surface area contributed by atoms with Crippen LogP contribution in [0.3, 0.4) is 0 Å². The number of hydrogen-bond donors (Lipinski definition) is 0. The normalized spacial score (nSPS) is 15.9. The van der Waals surface area contributed by atoms with Crippen molar-refractivity contribution in [3.63, 3.8) is 0 Å². The largest absolute Gasteiger partial charge is 0.376 e. The Hall–Kier alpha value is -4.69. The summed E-state index contributed by atoms with van der Waals surface area (Å²) in [6.45, 7) is 2.59. The van der Waals surface area contributed by atoms with E-state index in [-0.39, 0.29) is 45.9 Å². The maximum atomic E-state index is 13.4. The number of nitrogens with zero attached hydrogens (tertiary/aromatic N) is 6. The van der Waals surface area contributed by atoms with E-state index in [1.165, 1.54) is 34.7 Å². The van der Waals surface area contributed by atoms with Crippen LogP contribution in [0.4, 0.5) is 5.69 Å². The molecule has 1 aliphatic heterocycles. The summed E-state index contributed by atoms with van der Waals surface area (Å²) in [6, 6.07) is 12.4. The molecule has 0 unspecified atom stereocenters. The zero-order valence-electron chi connectivity index (χ0n) is 19.2. The molecule has 1 amide bonds. The number of carbonyl (C=O) groups excluding carboxylic acids is 1. The third-order valence-corrected chi connectivity index (χ3v) is 6.17. The van der Waals surface area contributed by atoms with Gasteiger partial charge in [-0.1, -0.05) is 18.2 Å². The molecular weight excluding hydrogens is 464 g/mol. The number of ether oxygens (including phenoxy) is 1. The maximum Gasteiger partial charge on any atom is 0.285 e. The minimum Gasteiger partial charge on any atom is -0.376 e. The lowest BCUT2D eigenvalue weighted by molar-refractivity contribution is -0.385. The van der Waals surface area contributed by atoms with Crippen molar-refractivity contribution in [2.45, 2.75) is 32.4 Å². The highest BCUT2D eigenvalue weighted by molar-refractivity contribution is 5.98. The zero-order chi connectivity index (χ0) is 25.4. The fourth-order valence-electron chi connectivity index (χ4n) is 4.42. The average molecular weight is 484 g/mol. The van der Waals surface area contributed by atoms with Gasteiger partial charge in [-0.05, 0) is 43.5 Å². The number of benzene rings is 1. The van der Waals surface area contributed by atoms with Gasteiger partial charge in [-0.3, -0.25) is 24.1 Å². The van der Waals surface area contributed by atoms with Crippen molar-refractivity contribution in [3.8, 4) is 6.07 Å². The van der Waals surface area contributed by atoms with E-state index >= 15 is 0 Å². The molecule has 0 bridgehead atoms. The summed E-state index contributed by atoms with van der Waals surface area (Å²) < 4.78 is 8.74. The van der Waals surface area contributed by atoms with Crippen molar-refractivity contribution in [2.75, 3.05) is 6.61 Å². The van der Waals surface area contributed by atoms with E-state index in [9.17, 15) is 25.0 Å². The SMILES string of the molecule is Cc1cccn2c(=O)c3cc(C#N)c(=NC(=O)c4ccccc4[N+](=O)[O-])n(C[C@H]4CCCO4)c3nc12. The Kier molecular flexibility index (Phi) is 5.87. The van der Waals surface area contributed by atoms with Gasteiger partial charge in [0.1, 0.15) is 22.9 Å². The number of nitro groups is 1. The van der Waals surface area contributed by atoms with Gasteiger partial charge in [-0.15, -0.1) is 0 Å². The first-order valence-electron chi connectivity index (χ1n) is 11.3. The monoisotopic (exact) mass is 484 g/mol. The molecule has 0 aliphatic carbocycles. The van der Waals surface area contributed by atoms with Crippen molar-refractivity contribution in [2.24, 2.45) is 4.99 Å². The molecule has 11 nitrogen and oxygen atoms in total. The lowest BCUT2D eigenvalue weighted by atomic mass is 10.1. The molecule has 1 atom stereocenters. The quantitative estimate of drug-likeness (QED) is 0.246. The number of hydrogen-bond acceptors (Lipinski definition) is 7.